The van der Waals surface area contributed by atoms with Crippen LogP contribution in [0.4, 0.5) is 0 Å². The van der Waals surface area contributed by atoms with E-state index in [-0.39, 0.29) is 6.04 Å². The number of hydrogen-bond acceptors (Lipinski definition) is 8. The number of rotatable bonds is 6. The average Bonchev–Trinajstić information content (AvgIpc) is 3.42. The summed E-state index contributed by atoms with van der Waals surface area (Å²) in [4.78, 5) is 7.11. The van der Waals surface area contributed by atoms with Crippen molar-refractivity contribution in [3.63, 3.8) is 0 Å². The fraction of sp³-hybridized carbons (Fsp3) is 0.450. The second-order valence-electron chi connectivity index (χ2n) is 6.95. The lowest BCUT2D eigenvalue weighted by atomic mass is 10.1. The number of nitrogens with zero attached hydrogens (tertiary/aromatic N) is 4. The molecule has 28 heavy (non-hydrogen) atoms. The Bertz CT molecular complexity index is 965. The summed E-state index contributed by atoms with van der Waals surface area (Å²) in [5.41, 5.74) is 3.43. The van der Waals surface area contributed by atoms with Crippen molar-refractivity contribution in [2.75, 3.05) is 20.8 Å². The average molecular weight is 384 g/mol. The minimum Gasteiger partial charge on any atom is -0.497 e. The predicted octanol–water partition coefficient (Wildman–Crippen LogP) is 3.70. The molecule has 1 aliphatic rings. The largest absolute Gasteiger partial charge is 0.497 e. The lowest BCUT2D eigenvalue weighted by Crippen LogP contribution is -2.24. The van der Waals surface area contributed by atoms with E-state index in [1.54, 1.807) is 14.2 Å². The molecule has 1 fully saturated rings. The van der Waals surface area contributed by atoms with Crippen molar-refractivity contribution >= 4 is 0 Å². The molecule has 0 radical (unpaired) electrons. The third-order valence-corrected chi connectivity index (χ3v) is 5.25. The van der Waals surface area contributed by atoms with Gasteiger partial charge >= 0.3 is 0 Å². The molecule has 1 aromatic carbocycles. The number of aromatic nitrogens is 3. The molecule has 1 aliphatic heterocycles. The molecule has 1 unspecified atom stereocenters. The lowest BCUT2D eigenvalue weighted by molar-refractivity contribution is 0.228. The maximum Gasteiger partial charge on any atom is 0.230 e. The first-order valence-corrected chi connectivity index (χ1v) is 9.32. The van der Waals surface area contributed by atoms with E-state index in [1.165, 1.54) is 0 Å². The number of ether oxygens (including phenoxy) is 2. The second kappa shape index (κ2) is 7.63. The van der Waals surface area contributed by atoms with Gasteiger partial charge in [-0.3, -0.25) is 4.90 Å². The summed E-state index contributed by atoms with van der Waals surface area (Å²) < 4.78 is 21.7. The van der Waals surface area contributed by atoms with Crippen LogP contribution in [0.15, 0.2) is 27.2 Å². The highest BCUT2D eigenvalue weighted by Gasteiger charge is 2.31. The highest BCUT2D eigenvalue weighted by molar-refractivity contribution is 5.65. The first kappa shape index (κ1) is 18.5. The van der Waals surface area contributed by atoms with Gasteiger partial charge in [-0.25, -0.2) is 9.61 Å². The standard InChI is InChI=1S/C20H24N4O4/c1-12-19(23-28-22-12)17-6-5-9-24(17)11-16-13(2)27-20(21-16)15-10-14(25-3)7-8-18(15)26-4/h7-8,10,17H,5-6,9,11H2,1-4H3. The molecule has 0 spiro atoms. The summed E-state index contributed by atoms with van der Waals surface area (Å²) >= 11 is 0. The summed E-state index contributed by atoms with van der Waals surface area (Å²) in [5, 5.41) is 8.03. The van der Waals surface area contributed by atoms with Gasteiger partial charge in [-0.05, 0) is 51.4 Å². The molecule has 0 aliphatic carbocycles. The van der Waals surface area contributed by atoms with Crippen molar-refractivity contribution in [3.05, 3.63) is 41.0 Å². The van der Waals surface area contributed by atoms with Crippen LogP contribution in [0.25, 0.3) is 11.5 Å². The van der Waals surface area contributed by atoms with Gasteiger partial charge < -0.3 is 13.9 Å². The van der Waals surface area contributed by atoms with E-state index in [0.717, 1.165) is 53.5 Å². The Labute approximate surface area is 163 Å². The summed E-state index contributed by atoms with van der Waals surface area (Å²) in [6, 6.07) is 5.76. The van der Waals surface area contributed by atoms with Crippen molar-refractivity contribution < 1.29 is 18.5 Å². The van der Waals surface area contributed by atoms with Crippen LogP contribution in [0.5, 0.6) is 11.5 Å². The number of likely N-dealkylation sites (tertiary alicyclic amines) is 1. The molecule has 8 heteroatoms. The van der Waals surface area contributed by atoms with Gasteiger partial charge in [-0.2, -0.15) is 0 Å². The molecule has 8 nitrogen and oxygen atoms in total. The van der Waals surface area contributed by atoms with Crippen molar-refractivity contribution in [2.45, 2.75) is 39.3 Å². The number of hydrogen-bond donors (Lipinski definition) is 0. The summed E-state index contributed by atoms with van der Waals surface area (Å²) in [5.74, 6) is 2.73. The van der Waals surface area contributed by atoms with Crippen LogP contribution in [0.1, 0.15) is 41.7 Å². The molecular weight excluding hydrogens is 360 g/mol. The predicted molar refractivity (Wildman–Crippen MR) is 101 cm³/mol. The van der Waals surface area contributed by atoms with Crippen LogP contribution < -0.4 is 9.47 Å². The van der Waals surface area contributed by atoms with E-state index in [2.05, 4.69) is 15.2 Å². The van der Waals surface area contributed by atoms with E-state index in [4.69, 9.17) is 23.5 Å². The third kappa shape index (κ3) is 3.35. The van der Waals surface area contributed by atoms with Gasteiger partial charge in [-0.15, -0.1) is 0 Å². The fourth-order valence-corrected chi connectivity index (χ4v) is 3.73. The molecule has 3 aromatic rings. The zero-order valence-electron chi connectivity index (χ0n) is 16.6. The van der Waals surface area contributed by atoms with Gasteiger partial charge in [-0.1, -0.05) is 10.3 Å². The Balaban J connectivity index is 1.61. The molecule has 148 valence electrons. The van der Waals surface area contributed by atoms with Crippen molar-refractivity contribution in [1.82, 2.24) is 20.2 Å². The minimum atomic E-state index is 0.192. The topological polar surface area (TPSA) is 86.7 Å². The smallest absolute Gasteiger partial charge is 0.230 e. The fourth-order valence-electron chi connectivity index (χ4n) is 3.73. The van der Waals surface area contributed by atoms with Crippen molar-refractivity contribution in [1.29, 1.82) is 0 Å². The van der Waals surface area contributed by atoms with E-state index >= 15 is 0 Å². The van der Waals surface area contributed by atoms with Crippen molar-refractivity contribution in [3.8, 4) is 23.0 Å². The molecule has 0 N–H and O–H groups in total. The second-order valence-corrected chi connectivity index (χ2v) is 6.95. The molecule has 1 atom stereocenters. The summed E-state index contributed by atoms with van der Waals surface area (Å²) in [6.07, 6.45) is 2.13. The van der Waals surface area contributed by atoms with Gasteiger partial charge in [0.15, 0.2) is 0 Å². The highest BCUT2D eigenvalue weighted by atomic mass is 16.6. The zero-order valence-corrected chi connectivity index (χ0v) is 16.6. The molecule has 4 rings (SSSR count). The Morgan fingerprint density at radius 1 is 1.18 bits per heavy atom. The minimum absolute atomic E-state index is 0.192. The third-order valence-electron chi connectivity index (χ3n) is 5.25. The maximum atomic E-state index is 5.98. The van der Waals surface area contributed by atoms with Crippen LogP contribution >= 0.6 is 0 Å². The first-order chi connectivity index (χ1) is 13.6. The quantitative estimate of drug-likeness (QED) is 0.636. The van der Waals surface area contributed by atoms with E-state index in [0.29, 0.717) is 18.2 Å². The number of methoxy groups -OCH3 is 2. The van der Waals surface area contributed by atoms with Crippen LogP contribution in [-0.2, 0) is 6.54 Å². The molecular formula is C20H24N4O4. The van der Waals surface area contributed by atoms with Gasteiger partial charge in [0.05, 0.1) is 31.5 Å². The van der Waals surface area contributed by atoms with Crippen LogP contribution in [-0.4, -0.2) is 41.0 Å². The number of oxazole rings is 1. The highest BCUT2D eigenvalue weighted by Crippen LogP contribution is 2.36. The van der Waals surface area contributed by atoms with Gasteiger partial charge in [0, 0.05) is 6.54 Å². The number of aryl methyl sites for hydroxylation is 2. The van der Waals surface area contributed by atoms with Gasteiger partial charge in [0.1, 0.15) is 28.6 Å². The summed E-state index contributed by atoms with van der Waals surface area (Å²) in [7, 11) is 3.26. The van der Waals surface area contributed by atoms with Crippen LogP contribution in [0.2, 0.25) is 0 Å². The Morgan fingerprint density at radius 2 is 2.04 bits per heavy atom. The van der Waals surface area contributed by atoms with Crippen LogP contribution in [0, 0.1) is 13.8 Å². The molecule has 0 amide bonds. The normalized spacial score (nSPS) is 17.2. The van der Waals surface area contributed by atoms with Crippen LogP contribution in [0.3, 0.4) is 0 Å². The lowest BCUT2D eigenvalue weighted by Gasteiger charge is -2.21. The molecule has 0 bridgehead atoms. The monoisotopic (exact) mass is 384 g/mol. The molecule has 2 aromatic heterocycles. The van der Waals surface area contributed by atoms with Gasteiger partial charge in [0.2, 0.25) is 5.89 Å². The maximum absolute atomic E-state index is 5.98. The zero-order chi connectivity index (χ0) is 19.7. The Morgan fingerprint density at radius 3 is 2.75 bits per heavy atom. The summed E-state index contributed by atoms with van der Waals surface area (Å²) in [6.45, 7) is 5.52. The number of benzene rings is 1. The van der Waals surface area contributed by atoms with Crippen molar-refractivity contribution in [2.24, 2.45) is 0 Å². The van der Waals surface area contributed by atoms with Gasteiger partial charge in [0.25, 0.3) is 0 Å². The Hall–Kier alpha value is -2.87. The first-order valence-electron chi connectivity index (χ1n) is 9.32. The molecule has 0 saturated carbocycles. The SMILES string of the molecule is COc1ccc(OC)c(-c2nc(CN3CCCC3c3nonc3C)c(C)o2)c1. The van der Waals surface area contributed by atoms with E-state index in [1.807, 2.05) is 32.0 Å². The molecule has 1 saturated heterocycles. The molecule has 3 heterocycles. The van der Waals surface area contributed by atoms with E-state index in [9.17, 15) is 0 Å². The Kier molecular flexibility index (Phi) is 5.04. The van der Waals surface area contributed by atoms with E-state index < -0.39 is 0 Å².